The van der Waals surface area contributed by atoms with E-state index in [1.54, 1.807) is 6.07 Å². The number of ether oxygens (including phenoxy) is 3. The first-order chi connectivity index (χ1) is 11.0. The standard InChI is InChI=1S/C15H22N2O5S/c1-12(11-17-4-6-20-7-5-17)16-23(18,19)13-2-3-14-15(10-13)22-9-8-21-14/h2-3,10,12,16H,4-9,11H2,1H3. The van der Waals surface area contributed by atoms with Crippen molar-refractivity contribution >= 4 is 10.0 Å². The number of hydrogen-bond donors (Lipinski definition) is 1. The van der Waals surface area contributed by atoms with Gasteiger partial charge in [-0.3, -0.25) is 4.90 Å². The van der Waals surface area contributed by atoms with Gasteiger partial charge >= 0.3 is 0 Å². The number of rotatable bonds is 5. The second kappa shape index (κ2) is 7.04. The molecule has 1 fully saturated rings. The quantitative estimate of drug-likeness (QED) is 0.838. The molecule has 8 heteroatoms. The van der Waals surface area contributed by atoms with Crippen LogP contribution in [0.15, 0.2) is 23.1 Å². The first kappa shape index (κ1) is 16.5. The maximum absolute atomic E-state index is 12.5. The van der Waals surface area contributed by atoms with Crippen LogP contribution in [-0.2, 0) is 14.8 Å². The Bertz CT molecular complexity index is 643. The van der Waals surface area contributed by atoms with Crippen molar-refractivity contribution in [1.29, 1.82) is 0 Å². The van der Waals surface area contributed by atoms with E-state index in [-0.39, 0.29) is 10.9 Å². The van der Waals surface area contributed by atoms with Crippen LogP contribution in [0.2, 0.25) is 0 Å². The molecule has 2 aliphatic heterocycles. The van der Waals surface area contributed by atoms with Gasteiger partial charge in [-0.1, -0.05) is 0 Å². The fourth-order valence-electron chi connectivity index (χ4n) is 2.73. The average molecular weight is 342 g/mol. The highest BCUT2D eigenvalue weighted by molar-refractivity contribution is 7.89. The first-order valence-corrected chi connectivity index (χ1v) is 9.25. The van der Waals surface area contributed by atoms with E-state index in [1.807, 2.05) is 6.92 Å². The molecule has 7 nitrogen and oxygen atoms in total. The number of hydrogen-bond acceptors (Lipinski definition) is 6. The summed E-state index contributed by atoms with van der Waals surface area (Å²) in [6, 6.07) is 4.50. The van der Waals surface area contributed by atoms with E-state index in [4.69, 9.17) is 14.2 Å². The van der Waals surface area contributed by atoms with Crippen molar-refractivity contribution in [2.75, 3.05) is 46.1 Å². The van der Waals surface area contributed by atoms with Crippen molar-refractivity contribution in [2.24, 2.45) is 0 Å². The van der Waals surface area contributed by atoms with Gasteiger partial charge in [0.15, 0.2) is 11.5 Å². The fourth-order valence-corrected chi connectivity index (χ4v) is 3.98. The summed E-state index contributed by atoms with van der Waals surface area (Å²) in [5.74, 6) is 1.05. The molecule has 1 N–H and O–H groups in total. The van der Waals surface area contributed by atoms with E-state index < -0.39 is 10.0 Å². The number of nitrogens with one attached hydrogen (secondary N) is 1. The molecular formula is C15H22N2O5S. The van der Waals surface area contributed by atoms with Gasteiger partial charge in [0, 0.05) is 31.7 Å². The zero-order chi connectivity index (χ0) is 16.3. The van der Waals surface area contributed by atoms with Gasteiger partial charge in [-0.15, -0.1) is 0 Å². The van der Waals surface area contributed by atoms with Crippen molar-refractivity contribution in [3.05, 3.63) is 18.2 Å². The number of morpholine rings is 1. The highest BCUT2D eigenvalue weighted by Gasteiger charge is 2.22. The molecule has 0 bridgehead atoms. The average Bonchev–Trinajstić information content (AvgIpc) is 2.54. The Kier molecular flexibility index (Phi) is 5.05. The molecule has 1 saturated heterocycles. The lowest BCUT2D eigenvalue weighted by Crippen LogP contribution is -2.45. The van der Waals surface area contributed by atoms with Crippen LogP contribution in [0, 0.1) is 0 Å². The van der Waals surface area contributed by atoms with Crippen molar-refractivity contribution in [2.45, 2.75) is 17.9 Å². The number of fused-ring (bicyclic) bond motifs is 1. The molecule has 2 heterocycles. The van der Waals surface area contributed by atoms with E-state index >= 15 is 0 Å². The Labute approximate surface area is 136 Å². The largest absolute Gasteiger partial charge is 0.486 e. The van der Waals surface area contributed by atoms with E-state index in [1.165, 1.54) is 12.1 Å². The predicted octanol–water partition coefficient (Wildman–Crippen LogP) is 0.457. The SMILES string of the molecule is CC(CN1CCOCC1)NS(=O)(=O)c1ccc2c(c1)OCCO2. The van der Waals surface area contributed by atoms with Crippen LogP contribution in [0.25, 0.3) is 0 Å². The summed E-state index contributed by atoms with van der Waals surface area (Å²) in [5.41, 5.74) is 0. The molecular weight excluding hydrogens is 320 g/mol. The number of sulfonamides is 1. The minimum absolute atomic E-state index is 0.189. The summed E-state index contributed by atoms with van der Waals surface area (Å²) in [4.78, 5) is 2.39. The Morgan fingerprint density at radius 1 is 1.13 bits per heavy atom. The molecule has 0 saturated carbocycles. The lowest BCUT2D eigenvalue weighted by atomic mass is 10.3. The molecule has 3 rings (SSSR count). The summed E-state index contributed by atoms with van der Waals surface area (Å²) in [7, 11) is -3.59. The maximum Gasteiger partial charge on any atom is 0.240 e. The molecule has 2 aliphatic rings. The van der Waals surface area contributed by atoms with E-state index in [0.29, 0.717) is 44.5 Å². The molecule has 1 unspecified atom stereocenters. The van der Waals surface area contributed by atoms with E-state index in [0.717, 1.165) is 13.1 Å². The van der Waals surface area contributed by atoms with Gasteiger partial charge in [-0.2, -0.15) is 0 Å². The van der Waals surface area contributed by atoms with Crippen LogP contribution >= 0.6 is 0 Å². The predicted molar refractivity (Wildman–Crippen MR) is 84.5 cm³/mol. The van der Waals surface area contributed by atoms with Crippen LogP contribution < -0.4 is 14.2 Å². The lowest BCUT2D eigenvalue weighted by molar-refractivity contribution is 0.0354. The monoisotopic (exact) mass is 342 g/mol. The molecule has 0 aromatic heterocycles. The first-order valence-electron chi connectivity index (χ1n) is 7.77. The highest BCUT2D eigenvalue weighted by atomic mass is 32.2. The van der Waals surface area contributed by atoms with Gasteiger partial charge in [0.25, 0.3) is 0 Å². The Morgan fingerprint density at radius 3 is 2.57 bits per heavy atom. The van der Waals surface area contributed by atoms with E-state index in [9.17, 15) is 8.42 Å². The number of benzene rings is 1. The van der Waals surface area contributed by atoms with Crippen molar-refractivity contribution < 1.29 is 22.6 Å². The molecule has 0 spiro atoms. The molecule has 0 aliphatic carbocycles. The number of nitrogens with zero attached hydrogens (tertiary/aromatic N) is 1. The van der Waals surface area contributed by atoms with Crippen molar-refractivity contribution in [3.8, 4) is 11.5 Å². The van der Waals surface area contributed by atoms with Crippen LogP contribution in [0.3, 0.4) is 0 Å². The maximum atomic E-state index is 12.5. The smallest absolute Gasteiger partial charge is 0.240 e. The fraction of sp³-hybridized carbons (Fsp3) is 0.600. The van der Waals surface area contributed by atoms with Gasteiger partial charge in [-0.25, -0.2) is 13.1 Å². The Balaban J connectivity index is 1.66. The van der Waals surface area contributed by atoms with Gasteiger partial charge in [0.1, 0.15) is 13.2 Å². The Hall–Kier alpha value is -1.35. The summed E-state index contributed by atoms with van der Waals surface area (Å²) in [6.45, 7) is 6.49. The van der Waals surface area contributed by atoms with Gasteiger partial charge in [0.05, 0.1) is 18.1 Å². The van der Waals surface area contributed by atoms with Crippen LogP contribution in [0.4, 0.5) is 0 Å². The summed E-state index contributed by atoms with van der Waals surface area (Å²) >= 11 is 0. The molecule has 128 valence electrons. The molecule has 23 heavy (non-hydrogen) atoms. The van der Waals surface area contributed by atoms with Gasteiger partial charge < -0.3 is 14.2 Å². The molecule has 1 aromatic carbocycles. The summed E-state index contributed by atoms with van der Waals surface area (Å²) in [6.07, 6.45) is 0. The Morgan fingerprint density at radius 2 is 1.83 bits per heavy atom. The van der Waals surface area contributed by atoms with Crippen molar-refractivity contribution in [1.82, 2.24) is 9.62 Å². The second-order valence-corrected chi connectivity index (χ2v) is 7.45. The highest BCUT2D eigenvalue weighted by Crippen LogP contribution is 2.32. The van der Waals surface area contributed by atoms with Crippen molar-refractivity contribution in [3.63, 3.8) is 0 Å². The normalized spacial score (nSPS) is 20.2. The zero-order valence-corrected chi connectivity index (χ0v) is 14.0. The topological polar surface area (TPSA) is 77.1 Å². The van der Waals surface area contributed by atoms with Gasteiger partial charge in [0.2, 0.25) is 10.0 Å². The third kappa shape index (κ3) is 4.14. The molecule has 0 radical (unpaired) electrons. The molecule has 1 aromatic rings. The second-order valence-electron chi connectivity index (χ2n) is 5.74. The minimum Gasteiger partial charge on any atom is -0.486 e. The van der Waals surface area contributed by atoms with Crippen LogP contribution in [-0.4, -0.2) is 65.4 Å². The van der Waals surface area contributed by atoms with Crippen LogP contribution in [0.1, 0.15) is 6.92 Å². The summed E-state index contributed by atoms with van der Waals surface area (Å²) < 4.78 is 43.9. The third-order valence-electron chi connectivity index (χ3n) is 3.82. The summed E-state index contributed by atoms with van der Waals surface area (Å²) in [5, 5.41) is 0. The van der Waals surface area contributed by atoms with Gasteiger partial charge in [-0.05, 0) is 19.1 Å². The minimum atomic E-state index is -3.59. The van der Waals surface area contributed by atoms with Crippen LogP contribution in [0.5, 0.6) is 11.5 Å². The molecule has 0 amide bonds. The third-order valence-corrected chi connectivity index (χ3v) is 5.40. The molecule has 1 atom stereocenters. The zero-order valence-electron chi connectivity index (χ0n) is 13.2. The van der Waals surface area contributed by atoms with E-state index in [2.05, 4.69) is 9.62 Å². The lowest BCUT2D eigenvalue weighted by Gasteiger charge is -2.29.